The van der Waals surface area contributed by atoms with Gasteiger partial charge < -0.3 is 15.1 Å². The summed E-state index contributed by atoms with van der Waals surface area (Å²) in [6, 6.07) is 4.82. The van der Waals surface area contributed by atoms with Crippen LogP contribution in [0.5, 0.6) is 0 Å². The number of nitro groups is 1. The maximum atomic E-state index is 11.5. The Morgan fingerprint density at radius 2 is 2.29 bits per heavy atom. The highest BCUT2D eigenvalue weighted by atomic mass is 16.6. The fraction of sp³-hybridized carbons (Fsp3) is 0.385. The molecule has 8 nitrogen and oxygen atoms in total. The molecule has 2 aromatic rings. The number of hydrogen-bond donors (Lipinski definition) is 2. The van der Waals surface area contributed by atoms with Gasteiger partial charge in [0.25, 0.3) is 11.7 Å². The lowest BCUT2D eigenvalue weighted by molar-refractivity contribution is -0.384. The van der Waals surface area contributed by atoms with Gasteiger partial charge in [0.2, 0.25) is 5.91 Å². The monoisotopic (exact) mass is 290 g/mol. The maximum absolute atomic E-state index is 11.5. The van der Waals surface area contributed by atoms with Gasteiger partial charge in [-0.2, -0.15) is 4.98 Å². The summed E-state index contributed by atoms with van der Waals surface area (Å²) in [5, 5.41) is 16.5. The number of carbonyl (C=O) groups is 1. The average Bonchev–Trinajstić information content (AvgIpc) is 3.15. The molecule has 1 heterocycles. The summed E-state index contributed by atoms with van der Waals surface area (Å²) in [5.74, 6) is -0.00301. The number of amides is 1. The maximum Gasteiger partial charge on any atom is 0.295 e. The van der Waals surface area contributed by atoms with Gasteiger partial charge in [-0.05, 0) is 18.9 Å². The predicted molar refractivity (Wildman–Crippen MR) is 74.9 cm³/mol. The summed E-state index contributed by atoms with van der Waals surface area (Å²) in [5.41, 5.74) is 0.839. The minimum Gasteiger partial charge on any atom is -0.424 e. The van der Waals surface area contributed by atoms with Crippen molar-refractivity contribution in [3.8, 4) is 0 Å². The zero-order valence-corrected chi connectivity index (χ0v) is 11.2. The third-order valence-electron chi connectivity index (χ3n) is 3.15. The van der Waals surface area contributed by atoms with Crippen LogP contribution < -0.4 is 10.6 Å². The molecule has 0 unspecified atom stereocenters. The molecule has 1 aliphatic rings. The second-order valence-corrected chi connectivity index (χ2v) is 4.95. The van der Waals surface area contributed by atoms with Crippen molar-refractivity contribution in [2.75, 3.05) is 11.9 Å². The molecule has 8 heteroatoms. The quantitative estimate of drug-likeness (QED) is 0.620. The van der Waals surface area contributed by atoms with Crippen LogP contribution in [0.3, 0.4) is 0 Å². The average molecular weight is 290 g/mol. The van der Waals surface area contributed by atoms with Crippen LogP contribution in [0.4, 0.5) is 11.7 Å². The number of nitrogens with one attached hydrogen (secondary N) is 2. The Kier molecular flexibility index (Phi) is 3.43. The fourth-order valence-electron chi connectivity index (χ4n) is 1.92. The van der Waals surface area contributed by atoms with Crippen LogP contribution >= 0.6 is 0 Å². The minimum atomic E-state index is -0.483. The molecule has 0 radical (unpaired) electrons. The smallest absolute Gasteiger partial charge is 0.295 e. The standard InChI is InChI=1S/C13H14N4O4/c18-12(15-8-1-2-8)5-6-14-13-16-10-7-9(17(19)20)3-4-11(10)21-13/h3-4,7-8H,1-2,5-6H2,(H,14,16)(H,15,18). The molecule has 2 N–H and O–H groups in total. The number of nitro benzene ring substituents is 1. The van der Waals surface area contributed by atoms with Crippen LogP contribution in [-0.2, 0) is 4.79 Å². The lowest BCUT2D eigenvalue weighted by Gasteiger charge is -2.02. The Balaban J connectivity index is 1.58. The number of aromatic nitrogens is 1. The fourth-order valence-corrected chi connectivity index (χ4v) is 1.92. The Hall–Kier alpha value is -2.64. The van der Waals surface area contributed by atoms with Gasteiger partial charge >= 0.3 is 0 Å². The molecule has 0 aliphatic heterocycles. The lowest BCUT2D eigenvalue weighted by atomic mass is 10.3. The van der Waals surface area contributed by atoms with E-state index in [9.17, 15) is 14.9 Å². The van der Waals surface area contributed by atoms with Crippen molar-refractivity contribution in [1.82, 2.24) is 10.3 Å². The van der Waals surface area contributed by atoms with Gasteiger partial charge in [0.1, 0.15) is 5.52 Å². The van der Waals surface area contributed by atoms with Gasteiger partial charge in [0, 0.05) is 31.1 Å². The normalized spacial score (nSPS) is 14.1. The highest BCUT2D eigenvalue weighted by Crippen LogP contribution is 2.23. The SMILES string of the molecule is O=C(CCNc1nc2cc([N+](=O)[O-])ccc2o1)NC1CC1. The van der Waals surface area contributed by atoms with Crippen molar-refractivity contribution < 1.29 is 14.1 Å². The van der Waals surface area contributed by atoms with E-state index < -0.39 is 4.92 Å². The highest BCUT2D eigenvalue weighted by Gasteiger charge is 2.22. The van der Waals surface area contributed by atoms with Crippen LogP contribution in [0.15, 0.2) is 22.6 Å². The van der Waals surface area contributed by atoms with Gasteiger partial charge in [-0.25, -0.2) is 0 Å². The zero-order chi connectivity index (χ0) is 14.8. The first-order chi connectivity index (χ1) is 10.1. The second-order valence-electron chi connectivity index (χ2n) is 4.95. The van der Waals surface area contributed by atoms with E-state index in [0.29, 0.717) is 30.1 Å². The molecule has 1 aliphatic carbocycles. The van der Waals surface area contributed by atoms with E-state index in [1.165, 1.54) is 18.2 Å². The number of nitrogens with zero attached hydrogens (tertiary/aromatic N) is 2. The van der Waals surface area contributed by atoms with E-state index in [-0.39, 0.29) is 17.6 Å². The Labute approximate surface area is 119 Å². The van der Waals surface area contributed by atoms with Crippen LogP contribution in [0.1, 0.15) is 19.3 Å². The molecular formula is C13H14N4O4. The first-order valence-corrected chi connectivity index (χ1v) is 6.70. The van der Waals surface area contributed by atoms with E-state index in [2.05, 4.69) is 15.6 Å². The zero-order valence-electron chi connectivity index (χ0n) is 11.2. The number of anilines is 1. The van der Waals surface area contributed by atoms with Gasteiger partial charge in [0.15, 0.2) is 5.58 Å². The molecule has 0 atom stereocenters. The van der Waals surface area contributed by atoms with E-state index in [1.54, 1.807) is 0 Å². The third-order valence-corrected chi connectivity index (χ3v) is 3.15. The van der Waals surface area contributed by atoms with Crippen molar-refractivity contribution in [2.24, 2.45) is 0 Å². The molecule has 0 spiro atoms. The molecule has 0 bridgehead atoms. The molecule has 1 aromatic heterocycles. The predicted octanol–water partition coefficient (Wildman–Crippen LogP) is 1.82. The summed E-state index contributed by atoms with van der Waals surface area (Å²) in [7, 11) is 0. The first-order valence-electron chi connectivity index (χ1n) is 6.70. The van der Waals surface area contributed by atoms with Crippen molar-refractivity contribution in [3.05, 3.63) is 28.3 Å². The third kappa shape index (κ3) is 3.28. The van der Waals surface area contributed by atoms with Gasteiger partial charge in [0.05, 0.1) is 4.92 Å². The topological polar surface area (TPSA) is 110 Å². The first kappa shape index (κ1) is 13.3. The number of fused-ring (bicyclic) bond motifs is 1. The molecule has 21 heavy (non-hydrogen) atoms. The van der Waals surface area contributed by atoms with Gasteiger partial charge in [-0.1, -0.05) is 0 Å². The van der Waals surface area contributed by atoms with E-state index in [1.807, 2.05) is 0 Å². The number of benzene rings is 1. The molecule has 110 valence electrons. The van der Waals surface area contributed by atoms with Crippen LogP contribution in [0.2, 0.25) is 0 Å². The number of carbonyl (C=O) groups excluding carboxylic acids is 1. The summed E-state index contributed by atoms with van der Waals surface area (Å²) in [6.45, 7) is 0.396. The number of non-ortho nitro benzene ring substituents is 1. The van der Waals surface area contributed by atoms with Gasteiger partial charge in [-0.15, -0.1) is 0 Å². The van der Waals surface area contributed by atoms with Crippen LogP contribution in [-0.4, -0.2) is 28.4 Å². The minimum absolute atomic E-state index is 0.00301. The molecule has 1 saturated carbocycles. The Morgan fingerprint density at radius 1 is 1.48 bits per heavy atom. The Bertz CT molecular complexity index is 693. The van der Waals surface area contributed by atoms with E-state index in [0.717, 1.165) is 12.8 Å². The molecule has 1 aromatic carbocycles. The molecular weight excluding hydrogens is 276 g/mol. The highest BCUT2D eigenvalue weighted by molar-refractivity contribution is 5.78. The van der Waals surface area contributed by atoms with Crippen molar-refractivity contribution in [2.45, 2.75) is 25.3 Å². The number of rotatable bonds is 6. The van der Waals surface area contributed by atoms with Gasteiger partial charge in [-0.3, -0.25) is 14.9 Å². The molecule has 3 rings (SSSR count). The summed E-state index contributed by atoms with van der Waals surface area (Å²) in [4.78, 5) is 25.8. The van der Waals surface area contributed by atoms with Crippen LogP contribution in [0, 0.1) is 10.1 Å². The molecule has 1 amide bonds. The van der Waals surface area contributed by atoms with Crippen molar-refractivity contribution in [1.29, 1.82) is 0 Å². The largest absolute Gasteiger partial charge is 0.424 e. The Morgan fingerprint density at radius 3 is 3.00 bits per heavy atom. The molecule has 0 saturated heterocycles. The molecule has 1 fully saturated rings. The number of hydrogen-bond acceptors (Lipinski definition) is 6. The van der Waals surface area contributed by atoms with Crippen molar-refractivity contribution in [3.63, 3.8) is 0 Å². The summed E-state index contributed by atoms with van der Waals surface area (Å²) < 4.78 is 5.40. The lowest BCUT2D eigenvalue weighted by Crippen LogP contribution is -2.27. The second kappa shape index (κ2) is 5.39. The van der Waals surface area contributed by atoms with Crippen LogP contribution in [0.25, 0.3) is 11.1 Å². The summed E-state index contributed by atoms with van der Waals surface area (Å²) in [6.07, 6.45) is 2.45. The van der Waals surface area contributed by atoms with E-state index >= 15 is 0 Å². The van der Waals surface area contributed by atoms with Crippen molar-refractivity contribution >= 4 is 28.7 Å². The number of oxazole rings is 1. The van der Waals surface area contributed by atoms with E-state index in [4.69, 9.17) is 4.42 Å². The summed E-state index contributed by atoms with van der Waals surface area (Å²) >= 11 is 0.